The molecule has 0 saturated carbocycles. The number of hydrogen-bond donors (Lipinski definition) is 2. The van der Waals surface area contributed by atoms with Crippen molar-refractivity contribution in [2.75, 3.05) is 13.7 Å². The van der Waals surface area contributed by atoms with E-state index >= 15 is 0 Å². The van der Waals surface area contributed by atoms with Crippen LogP contribution in [0.25, 0.3) is 11.3 Å². The van der Waals surface area contributed by atoms with Gasteiger partial charge in [0.2, 0.25) is 4.80 Å². The van der Waals surface area contributed by atoms with Crippen LogP contribution in [-0.4, -0.2) is 35.6 Å². The molecular formula is C21H20N4O3S. The van der Waals surface area contributed by atoms with Gasteiger partial charge in [-0.05, 0) is 35.9 Å². The van der Waals surface area contributed by atoms with Crippen LogP contribution in [0.2, 0.25) is 0 Å². The summed E-state index contributed by atoms with van der Waals surface area (Å²) in [4.78, 5) is 16.7. The summed E-state index contributed by atoms with van der Waals surface area (Å²) in [5.41, 5.74) is 7.64. The van der Waals surface area contributed by atoms with Crippen LogP contribution in [0.3, 0.4) is 0 Å². The number of carbonyl (C=O) groups is 1. The second-order valence-electron chi connectivity index (χ2n) is 5.96. The minimum absolute atomic E-state index is 0.0432. The molecule has 3 N–H and O–H groups in total. The van der Waals surface area contributed by atoms with E-state index in [-0.39, 0.29) is 11.3 Å². The third kappa shape index (κ3) is 4.61. The Labute approximate surface area is 171 Å². The smallest absolute Gasteiger partial charge is 0.252 e. The average Bonchev–Trinajstić information content (AvgIpc) is 3.13. The summed E-state index contributed by atoms with van der Waals surface area (Å²) in [7, 11) is 1.61. The molecule has 2 aromatic carbocycles. The number of thiazole rings is 1. The van der Waals surface area contributed by atoms with E-state index in [0.717, 1.165) is 11.3 Å². The minimum atomic E-state index is -0.706. The van der Waals surface area contributed by atoms with Crippen molar-refractivity contribution >= 4 is 23.5 Å². The van der Waals surface area contributed by atoms with Crippen LogP contribution in [0.4, 0.5) is 0 Å². The normalized spacial score (nSPS) is 11.7. The lowest BCUT2D eigenvalue weighted by Gasteiger charge is -2.07. The molecule has 148 valence electrons. The summed E-state index contributed by atoms with van der Waals surface area (Å²) in [6.45, 7) is 4.14. The molecule has 0 spiro atoms. The number of amides is 1. The monoisotopic (exact) mass is 408 g/mol. The highest BCUT2D eigenvalue weighted by Gasteiger charge is 2.13. The number of nitrogens with zero attached hydrogens (tertiary/aromatic N) is 3. The minimum Gasteiger partial charge on any atom is -0.507 e. The zero-order valence-electron chi connectivity index (χ0n) is 15.8. The van der Waals surface area contributed by atoms with E-state index < -0.39 is 5.91 Å². The van der Waals surface area contributed by atoms with Crippen molar-refractivity contribution in [2.45, 2.75) is 0 Å². The molecule has 8 heteroatoms. The van der Waals surface area contributed by atoms with Gasteiger partial charge in [0.05, 0.1) is 31.1 Å². The first-order valence-electron chi connectivity index (χ1n) is 8.67. The fourth-order valence-electron chi connectivity index (χ4n) is 2.60. The van der Waals surface area contributed by atoms with Crippen molar-refractivity contribution in [2.24, 2.45) is 15.8 Å². The molecule has 0 atom stereocenters. The molecule has 0 bridgehead atoms. The molecule has 0 aliphatic rings. The van der Waals surface area contributed by atoms with Crippen molar-refractivity contribution in [1.82, 2.24) is 4.68 Å². The Kier molecular flexibility index (Phi) is 6.25. The lowest BCUT2D eigenvalue weighted by atomic mass is 10.1. The quantitative estimate of drug-likeness (QED) is 0.464. The Morgan fingerprint density at radius 2 is 2.17 bits per heavy atom. The number of phenols is 1. The molecule has 1 aromatic heterocycles. The van der Waals surface area contributed by atoms with E-state index in [1.807, 2.05) is 29.6 Å². The van der Waals surface area contributed by atoms with Gasteiger partial charge in [-0.15, -0.1) is 17.9 Å². The van der Waals surface area contributed by atoms with Crippen molar-refractivity contribution in [1.29, 1.82) is 0 Å². The van der Waals surface area contributed by atoms with Crippen LogP contribution in [-0.2, 0) is 0 Å². The summed E-state index contributed by atoms with van der Waals surface area (Å²) in [5, 5.41) is 16.3. The SMILES string of the molecule is C=CCN=c1scc(-c2ccc(O)c(C(N)=O)c2)n1/N=C/c1cccc(OC)c1. The molecule has 0 saturated heterocycles. The van der Waals surface area contributed by atoms with E-state index in [9.17, 15) is 9.90 Å². The number of carbonyl (C=O) groups excluding carboxylic acids is 1. The first-order valence-corrected chi connectivity index (χ1v) is 9.55. The van der Waals surface area contributed by atoms with Gasteiger partial charge < -0.3 is 15.6 Å². The lowest BCUT2D eigenvalue weighted by Crippen LogP contribution is -2.13. The van der Waals surface area contributed by atoms with E-state index in [2.05, 4.69) is 16.7 Å². The standard InChI is InChI=1S/C21H20N4O3S/c1-3-9-23-21-25(24-12-14-5-4-6-16(10-14)28-2)18(13-29-21)15-7-8-19(26)17(11-15)20(22)27/h3-8,10-13,26H,1,9H2,2H3,(H2,22,27)/b23-21?,24-12+. The number of aromatic nitrogens is 1. The van der Waals surface area contributed by atoms with Crippen LogP contribution >= 0.6 is 11.3 Å². The molecule has 3 aromatic rings. The number of nitrogens with two attached hydrogens (primary N) is 1. The fraction of sp³-hybridized carbons (Fsp3) is 0.0952. The first kappa shape index (κ1) is 20.1. The predicted octanol–water partition coefficient (Wildman–Crippen LogP) is 3.00. The van der Waals surface area contributed by atoms with E-state index in [0.29, 0.717) is 22.6 Å². The third-order valence-corrected chi connectivity index (χ3v) is 4.87. The molecule has 1 heterocycles. The zero-order chi connectivity index (χ0) is 20.8. The van der Waals surface area contributed by atoms with Crippen LogP contribution in [0.5, 0.6) is 11.5 Å². The van der Waals surface area contributed by atoms with Gasteiger partial charge >= 0.3 is 0 Å². The maximum Gasteiger partial charge on any atom is 0.252 e. The maximum absolute atomic E-state index is 11.6. The number of aromatic hydroxyl groups is 1. The van der Waals surface area contributed by atoms with Crippen LogP contribution in [0.15, 0.2) is 70.6 Å². The van der Waals surface area contributed by atoms with Gasteiger partial charge in [0.25, 0.3) is 5.91 Å². The van der Waals surface area contributed by atoms with E-state index in [4.69, 9.17) is 10.5 Å². The highest BCUT2D eigenvalue weighted by Crippen LogP contribution is 2.26. The van der Waals surface area contributed by atoms with Crippen LogP contribution in [0.1, 0.15) is 15.9 Å². The summed E-state index contributed by atoms with van der Waals surface area (Å²) >= 11 is 1.40. The molecule has 0 aliphatic heterocycles. The second-order valence-corrected chi connectivity index (χ2v) is 6.80. The van der Waals surface area contributed by atoms with Gasteiger partial charge in [-0.3, -0.25) is 9.79 Å². The van der Waals surface area contributed by atoms with Crippen LogP contribution < -0.4 is 15.3 Å². The Bertz CT molecular complexity index is 1140. The summed E-state index contributed by atoms with van der Waals surface area (Å²) in [6.07, 6.45) is 3.39. The van der Waals surface area contributed by atoms with Crippen molar-refractivity contribution < 1.29 is 14.6 Å². The summed E-state index contributed by atoms with van der Waals surface area (Å²) in [5.74, 6) is -0.146. The maximum atomic E-state index is 11.6. The number of ether oxygens (including phenoxy) is 1. The first-order chi connectivity index (χ1) is 14.0. The number of primary amides is 1. The second kappa shape index (κ2) is 9.03. The lowest BCUT2D eigenvalue weighted by molar-refractivity contribution is 0.0998. The Balaban J connectivity index is 2.11. The largest absolute Gasteiger partial charge is 0.507 e. The Hall–Kier alpha value is -3.65. The third-order valence-electron chi connectivity index (χ3n) is 4.01. The number of hydrogen-bond acceptors (Lipinski definition) is 6. The number of rotatable bonds is 7. The molecular weight excluding hydrogens is 388 g/mol. The molecule has 0 aliphatic carbocycles. The topological polar surface area (TPSA) is 102 Å². The van der Waals surface area contributed by atoms with E-state index in [1.165, 1.54) is 23.5 Å². The zero-order valence-corrected chi connectivity index (χ0v) is 16.6. The van der Waals surface area contributed by atoms with Gasteiger partial charge in [-0.2, -0.15) is 5.10 Å². The van der Waals surface area contributed by atoms with Gasteiger partial charge in [-0.1, -0.05) is 18.2 Å². The molecule has 1 amide bonds. The highest BCUT2D eigenvalue weighted by atomic mass is 32.1. The number of benzene rings is 2. The number of methoxy groups -OCH3 is 1. The average molecular weight is 408 g/mol. The highest BCUT2D eigenvalue weighted by molar-refractivity contribution is 7.07. The summed E-state index contributed by atoms with van der Waals surface area (Å²) < 4.78 is 6.92. The molecule has 0 fully saturated rings. The predicted molar refractivity (Wildman–Crippen MR) is 115 cm³/mol. The molecule has 29 heavy (non-hydrogen) atoms. The molecule has 0 unspecified atom stereocenters. The van der Waals surface area contributed by atoms with Gasteiger partial charge in [0.15, 0.2) is 0 Å². The van der Waals surface area contributed by atoms with Crippen molar-refractivity contribution in [3.63, 3.8) is 0 Å². The Morgan fingerprint density at radius 1 is 1.34 bits per heavy atom. The van der Waals surface area contributed by atoms with Gasteiger partial charge in [0.1, 0.15) is 11.5 Å². The van der Waals surface area contributed by atoms with Crippen molar-refractivity contribution in [3.8, 4) is 22.8 Å². The summed E-state index contributed by atoms with van der Waals surface area (Å²) in [6, 6.07) is 12.2. The fourth-order valence-corrected chi connectivity index (χ4v) is 3.45. The van der Waals surface area contributed by atoms with E-state index in [1.54, 1.807) is 30.1 Å². The van der Waals surface area contributed by atoms with Crippen LogP contribution in [0, 0.1) is 0 Å². The molecule has 3 rings (SSSR count). The Morgan fingerprint density at radius 3 is 2.90 bits per heavy atom. The molecule has 7 nitrogen and oxygen atoms in total. The van der Waals surface area contributed by atoms with Gasteiger partial charge in [-0.25, -0.2) is 4.68 Å². The van der Waals surface area contributed by atoms with Crippen molar-refractivity contribution in [3.05, 3.63) is 76.4 Å². The molecule has 0 radical (unpaired) electrons. The van der Waals surface area contributed by atoms with Gasteiger partial charge in [0, 0.05) is 10.9 Å².